The molecule has 0 aromatic carbocycles. The number of esters is 16. The molecule has 464 valence electrons. The second-order valence-corrected chi connectivity index (χ2v) is 14.0. The van der Waals surface area contributed by atoms with E-state index in [0.717, 1.165) is 0 Å². The first-order chi connectivity index (χ1) is 36.4. The normalized spacial score (nSPS) is 9.75. The highest BCUT2D eigenvalue weighted by molar-refractivity contribution is 5.85. The molecule has 0 heterocycles. The molecule has 0 rings (SSSR count). The van der Waals surface area contributed by atoms with E-state index in [2.05, 4.69) is 66.3 Å². The summed E-state index contributed by atoms with van der Waals surface area (Å²) in [7, 11) is 0. The Morgan fingerprint density at radius 1 is 0.198 bits per heavy atom. The summed E-state index contributed by atoms with van der Waals surface area (Å²) < 4.78 is 87.5. The Balaban J connectivity index is -0.00000481. The maximum atomic E-state index is 11.8. The zero-order valence-electron chi connectivity index (χ0n) is 41.6. The van der Waals surface area contributed by atoms with Crippen molar-refractivity contribution in [3.8, 4) is 0 Å². The van der Waals surface area contributed by atoms with Crippen LogP contribution in [0.15, 0.2) is 0 Å². The molecule has 0 spiro atoms. The van der Waals surface area contributed by atoms with Gasteiger partial charge in [-0.15, -0.1) is 0 Å². The van der Waals surface area contributed by atoms with E-state index in [1.807, 2.05) is 0 Å². The van der Waals surface area contributed by atoms with Gasteiger partial charge in [-0.05, 0) is 27.7 Å². The van der Waals surface area contributed by atoms with E-state index in [4.69, 9.17) is 23.7 Å². The molecule has 0 aliphatic heterocycles. The fourth-order valence-corrected chi connectivity index (χ4v) is 3.62. The molecule has 0 aliphatic rings. The SMILES string of the molecule is C.C.C.C.CC(C)OCC(=O)OCC(=O)OCC(=O)OCC(=O)OCC(=O)OCC(=O)OCC(=O)OCC(=O)OCCOCCOC(=O)COC(=O)COC(=O)COC(=O)COC(=O)COC(=O)COC(=O)COC(=O)COC(C)C. The monoisotopic (exact) mass is 1180 g/mol. The van der Waals surface area contributed by atoms with Gasteiger partial charge in [0.2, 0.25) is 0 Å². The molecule has 0 N–H and O–H groups in total. The minimum Gasteiger partial charge on any atom is -0.461 e. The van der Waals surface area contributed by atoms with Gasteiger partial charge in [-0.2, -0.15) is 0 Å². The summed E-state index contributed by atoms with van der Waals surface area (Å²) in [5.74, 6) is -18.3. The highest BCUT2D eigenvalue weighted by Gasteiger charge is 2.20. The van der Waals surface area contributed by atoms with Gasteiger partial charge in [-0.25, -0.2) is 76.7 Å². The van der Waals surface area contributed by atoms with Crippen molar-refractivity contribution in [2.24, 2.45) is 0 Å². The molecule has 0 saturated carbocycles. The third-order valence-electron chi connectivity index (χ3n) is 6.96. The van der Waals surface area contributed by atoms with E-state index >= 15 is 0 Å². The van der Waals surface area contributed by atoms with Gasteiger partial charge in [-0.3, -0.25) is 0 Å². The van der Waals surface area contributed by atoms with Crippen molar-refractivity contribution in [1.82, 2.24) is 0 Å². The van der Waals surface area contributed by atoms with Crippen LogP contribution in [0.3, 0.4) is 0 Å². The Bertz CT molecular complexity index is 1890. The minimum atomic E-state index is -1.26. The zero-order valence-corrected chi connectivity index (χ0v) is 41.6. The van der Waals surface area contributed by atoms with Crippen molar-refractivity contribution in [2.75, 3.05) is 132 Å². The first-order valence-electron chi connectivity index (χ1n) is 21.7. The van der Waals surface area contributed by atoms with Crippen molar-refractivity contribution in [3.63, 3.8) is 0 Å². The molecule has 0 aliphatic carbocycles. The van der Waals surface area contributed by atoms with E-state index in [1.54, 1.807) is 27.7 Å². The van der Waals surface area contributed by atoms with Gasteiger partial charge in [0.25, 0.3) is 0 Å². The van der Waals surface area contributed by atoms with Crippen LogP contribution in [-0.2, 0) is 167 Å². The molecule has 0 bridgehead atoms. The van der Waals surface area contributed by atoms with Crippen molar-refractivity contribution in [3.05, 3.63) is 0 Å². The second kappa shape index (κ2) is 49.7. The van der Waals surface area contributed by atoms with Crippen LogP contribution in [-0.4, -0.2) is 240 Å². The Kier molecular flexibility index (Phi) is 49.8. The molecule has 0 aromatic rings. The van der Waals surface area contributed by atoms with Crippen LogP contribution < -0.4 is 0 Å². The fourth-order valence-electron chi connectivity index (χ4n) is 3.62. The lowest BCUT2D eigenvalue weighted by Gasteiger charge is -2.09. The van der Waals surface area contributed by atoms with Gasteiger partial charge in [-0.1, -0.05) is 29.7 Å². The molecule has 0 fully saturated rings. The zero-order chi connectivity index (χ0) is 58.0. The first-order valence-corrected chi connectivity index (χ1v) is 21.7. The highest BCUT2D eigenvalue weighted by Crippen LogP contribution is 1.96. The van der Waals surface area contributed by atoms with Gasteiger partial charge < -0.3 is 90.0 Å². The lowest BCUT2D eigenvalue weighted by molar-refractivity contribution is -0.172. The topological polar surface area (TPSA) is 448 Å². The summed E-state index contributed by atoms with van der Waals surface area (Å²) >= 11 is 0. The van der Waals surface area contributed by atoms with Gasteiger partial charge in [0.1, 0.15) is 26.4 Å². The van der Waals surface area contributed by atoms with Crippen molar-refractivity contribution < 1.29 is 167 Å². The predicted molar refractivity (Wildman–Crippen MR) is 255 cm³/mol. The molecule has 0 unspecified atom stereocenters. The summed E-state index contributed by atoms with van der Waals surface area (Å²) in [5, 5.41) is 0. The molecule has 0 saturated heterocycles. The van der Waals surface area contributed by atoms with Gasteiger partial charge in [0.05, 0.1) is 25.4 Å². The number of hydrogen-bond donors (Lipinski definition) is 0. The van der Waals surface area contributed by atoms with Gasteiger partial charge in [0, 0.05) is 0 Å². The van der Waals surface area contributed by atoms with Crippen LogP contribution in [0.25, 0.3) is 0 Å². The lowest BCUT2D eigenvalue weighted by Crippen LogP contribution is -2.26. The molecular weight excluding hydrogens is 1110 g/mol. The Hall–Kier alpha value is -8.60. The second-order valence-electron chi connectivity index (χ2n) is 14.0. The van der Waals surface area contributed by atoms with E-state index in [9.17, 15) is 76.7 Å². The van der Waals surface area contributed by atoms with Crippen LogP contribution >= 0.6 is 0 Å². The van der Waals surface area contributed by atoms with Crippen LogP contribution in [0, 0.1) is 0 Å². The quantitative estimate of drug-likeness (QED) is 0.0337. The molecule has 35 heteroatoms. The number of carbonyl (C=O) groups is 16. The Labute approximate surface area is 463 Å². The van der Waals surface area contributed by atoms with Crippen LogP contribution in [0.4, 0.5) is 0 Å². The largest absolute Gasteiger partial charge is 0.461 e. The molecule has 35 nitrogen and oxygen atoms in total. The fraction of sp³-hybridized carbons (Fsp3) is 0.652. The van der Waals surface area contributed by atoms with Crippen LogP contribution in [0.5, 0.6) is 0 Å². The average Bonchev–Trinajstić information content (AvgIpc) is 3.39. The number of hydrogen-bond acceptors (Lipinski definition) is 35. The van der Waals surface area contributed by atoms with Crippen molar-refractivity contribution in [2.45, 2.75) is 69.6 Å². The number of rotatable bonds is 40. The molecule has 0 amide bonds. The van der Waals surface area contributed by atoms with Crippen molar-refractivity contribution >= 4 is 95.5 Å². The molecular formula is C46H70O35. The number of carbonyl (C=O) groups excluding carboxylic acids is 16. The third-order valence-corrected chi connectivity index (χ3v) is 6.96. The molecule has 0 atom stereocenters. The minimum absolute atomic E-state index is 0. The maximum absolute atomic E-state index is 11.8. The van der Waals surface area contributed by atoms with Gasteiger partial charge in [0.15, 0.2) is 92.5 Å². The van der Waals surface area contributed by atoms with E-state index in [0.29, 0.717) is 0 Å². The smallest absolute Gasteiger partial charge is 0.344 e. The summed E-state index contributed by atoms with van der Waals surface area (Å²) in [6.45, 7) is -8.95. The summed E-state index contributed by atoms with van der Waals surface area (Å²) in [6, 6.07) is 0. The van der Waals surface area contributed by atoms with Crippen LogP contribution in [0.2, 0.25) is 0 Å². The number of ether oxygens (including phenoxy) is 19. The Morgan fingerprint density at radius 3 is 0.457 bits per heavy atom. The van der Waals surface area contributed by atoms with E-state index in [-0.39, 0.29) is 68.3 Å². The maximum Gasteiger partial charge on any atom is 0.344 e. The van der Waals surface area contributed by atoms with Crippen molar-refractivity contribution in [1.29, 1.82) is 0 Å². The Morgan fingerprint density at radius 2 is 0.321 bits per heavy atom. The van der Waals surface area contributed by atoms with Gasteiger partial charge >= 0.3 is 95.5 Å². The molecule has 0 aromatic heterocycles. The lowest BCUT2D eigenvalue weighted by atomic mass is 10.5. The van der Waals surface area contributed by atoms with Crippen LogP contribution in [0.1, 0.15) is 57.4 Å². The molecule has 81 heavy (non-hydrogen) atoms. The first kappa shape index (κ1) is 81.2. The molecule has 0 radical (unpaired) electrons. The standard InChI is InChI=1S/C42H54O35.4CH4/c1-25(2)62-9-29(45)66-13-33(49)70-17-37(53)74-21-41(57)76-23-39(55)72-19-35(51)68-15-31(47)64-11-27(43)60-7-5-59-6-8-61-28(44)12-65-32(48)16-69-36(52)20-73-40(56)24-77-42(58)22-75-38(54)18-71-34(50)14-67-30(46)10-63-26(3)4;;;;/h25-26H,5-24H2,1-4H3;4*1H4. The summed E-state index contributed by atoms with van der Waals surface area (Å²) in [6.07, 6.45) is -0.523. The average molecular weight is 1180 g/mol. The van der Waals surface area contributed by atoms with E-state index in [1.165, 1.54) is 0 Å². The summed E-state index contributed by atoms with van der Waals surface area (Å²) in [5.41, 5.74) is 0. The predicted octanol–water partition coefficient (Wildman–Crippen LogP) is -2.91. The van der Waals surface area contributed by atoms with E-state index < -0.39 is 201 Å². The third kappa shape index (κ3) is 51.9. The highest BCUT2D eigenvalue weighted by atomic mass is 16.7. The summed E-state index contributed by atoms with van der Waals surface area (Å²) in [4.78, 5) is 186.